The summed E-state index contributed by atoms with van der Waals surface area (Å²) < 4.78 is 6.66. The van der Waals surface area contributed by atoms with Crippen LogP contribution in [0.15, 0.2) is 15.9 Å². The Balaban J connectivity index is 2.22. The van der Waals surface area contributed by atoms with Crippen LogP contribution in [0.2, 0.25) is 0 Å². The molecule has 2 heterocycles. The van der Waals surface area contributed by atoms with Crippen molar-refractivity contribution in [1.82, 2.24) is 4.90 Å². The van der Waals surface area contributed by atoms with E-state index in [1.807, 2.05) is 0 Å². The summed E-state index contributed by atoms with van der Waals surface area (Å²) in [6, 6.07) is 5.12. The van der Waals surface area contributed by atoms with Gasteiger partial charge in [0, 0.05) is 23.5 Å². The molecule has 0 radical (unpaired) electrons. The lowest BCUT2D eigenvalue weighted by Gasteiger charge is -2.40. The van der Waals surface area contributed by atoms with Gasteiger partial charge in [-0.25, -0.2) is 0 Å². The highest BCUT2D eigenvalue weighted by atomic mass is 79.9. The zero-order valence-electron chi connectivity index (χ0n) is 10.2. The fourth-order valence-electron chi connectivity index (χ4n) is 2.37. The van der Waals surface area contributed by atoms with Crippen molar-refractivity contribution >= 4 is 27.3 Å². The zero-order chi connectivity index (χ0) is 12.4. The van der Waals surface area contributed by atoms with Crippen molar-refractivity contribution < 1.29 is 4.74 Å². The molecule has 1 aromatic heterocycles. The highest BCUT2D eigenvalue weighted by Gasteiger charge is 2.30. The average Bonchev–Trinajstić information content (AvgIpc) is 2.68. The molecule has 3 nitrogen and oxygen atoms in total. The molecule has 1 aromatic rings. The van der Waals surface area contributed by atoms with E-state index in [4.69, 9.17) is 10.5 Å². The Kier molecular flexibility index (Phi) is 4.60. The van der Waals surface area contributed by atoms with E-state index in [1.54, 1.807) is 11.3 Å². The quantitative estimate of drug-likeness (QED) is 0.931. The third-order valence-electron chi connectivity index (χ3n) is 3.16. The third-order valence-corrected chi connectivity index (χ3v) is 4.85. The van der Waals surface area contributed by atoms with Crippen molar-refractivity contribution in [3.05, 3.63) is 20.8 Å². The van der Waals surface area contributed by atoms with Crippen LogP contribution >= 0.6 is 27.3 Å². The average molecular weight is 319 g/mol. The number of hydrogen-bond acceptors (Lipinski definition) is 4. The van der Waals surface area contributed by atoms with E-state index in [-0.39, 0.29) is 6.04 Å². The van der Waals surface area contributed by atoms with Gasteiger partial charge in [-0.2, -0.15) is 0 Å². The molecule has 96 valence electrons. The second-order valence-electron chi connectivity index (χ2n) is 4.61. The lowest BCUT2D eigenvalue weighted by atomic mass is 10.0. The summed E-state index contributed by atoms with van der Waals surface area (Å²) in [7, 11) is 0. The van der Waals surface area contributed by atoms with Crippen LogP contribution in [0.4, 0.5) is 0 Å². The molecule has 0 spiro atoms. The van der Waals surface area contributed by atoms with Crippen LogP contribution < -0.4 is 5.73 Å². The topological polar surface area (TPSA) is 38.5 Å². The predicted molar refractivity (Wildman–Crippen MR) is 75.4 cm³/mol. The molecule has 1 aliphatic rings. The summed E-state index contributed by atoms with van der Waals surface area (Å²) in [6.07, 6.45) is 0. The largest absolute Gasteiger partial charge is 0.379 e. The van der Waals surface area contributed by atoms with Crippen LogP contribution in [0.25, 0.3) is 0 Å². The standard InChI is InChI=1S/C12H19BrN2OS/c1-8-7-16-6-5-15(8)12(9(2)14)10-3-4-11(13)17-10/h3-4,8-9,12H,5-7,14H2,1-2H3. The molecular formula is C12H19BrN2OS. The Hall–Kier alpha value is 0.0600. The van der Waals surface area contributed by atoms with Crippen LogP contribution in [0.1, 0.15) is 24.8 Å². The summed E-state index contributed by atoms with van der Waals surface area (Å²) in [4.78, 5) is 3.80. The van der Waals surface area contributed by atoms with E-state index in [2.05, 4.69) is 46.8 Å². The number of nitrogens with two attached hydrogens (primary N) is 1. The molecule has 1 fully saturated rings. The maximum atomic E-state index is 6.18. The van der Waals surface area contributed by atoms with Gasteiger partial charge in [0.1, 0.15) is 0 Å². The highest BCUT2D eigenvalue weighted by Crippen LogP contribution is 2.34. The number of hydrogen-bond donors (Lipinski definition) is 1. The fraction of sp³-hybridized carbons (Fsp3) is 0.667. The first kappa shape index (κ1) is 13.5. The van der Waals surface area contributed by atoms with Gasteiger partial charge in [0.2, 0.25) is 0 Å². The Bertz CT molecular complexity index is 369. The minimum atomic E-state index is 0.126. The molecule has 0 aliphatic carbocycles. The van der Waals surface area contributed by atoms with Gasteiger partial charge in [0.15, 0.2) is 0 Å². The molecule has 0 bridgehead atoms. The Morgan fingerprint density at radius 3 is 2.88 bits per heavy atom. The lowest BCUT2D eigenvalue weighted by Crippen LogP contribution is -2.49. The summed E-state index contributed by atoms with van der Waals surface area (Å²) in [5, 5.41) is 0. The Labute approximate surface area is 115 Å². The highest BCUT2D eigenvalue weighted by molar-refractivity contribution is 9.11. The maximum absolute atomic E-state index is 6.18. The predicted octanol–water partition coefficient (Wildman–Crippen LogP) is 2.62. The van der Waals surface area contributed by atoms with Crippen molar-refractivity contribution in [3.8, 4) is 0 Å². The number of halogens is 1. The SMILES string of the molecule is CC(N)C(c1ccc(Br)s1)N1CCOCC1C. The second kappa shape index (κ2) is 5.80. The van der Waals surface area contributed by atoms with Crippen LogP contribution in [0.3, 0.4) is 0 Å². The second-order valence-corrected chi connectivity index (χ2v) is 7.10. The van der Waals surface area contributed by atoms with Gasteiger partial charge in [-0.15, -0.1) is 11.3 Å². The molecule has 1 saturated heterocycles. The van der Waals surface area contributed by atoms with E-state index < -0.39 is 0 Å². The molecule has 0 saturated carbocycles. The molecule has 3 unspecified atom stereocenters. The number of morpholine rings is 1. The molecule has 2 rings (SSSR count). The maximum Gasteiger partial charge on any atom is 0.0702 e. The van der Waals surface area contributed by atoms with Gasteiger partial charge >= 0.3 is 0 Å². The summed E-state index contributed by atoms with van der Waals surface area (Å²) >= 11 is 5.30. The van der Waals surface area contributed by atoms with Gasteiger partial charge < -0.3 is 10.5 Å². The third kappa shape index (κ3) is 3.09. The van der Waals surface area contributed by atoms with E-state index >= 15 is 0 Å². The van der Waals surface area contributed by atoms with E-state index in [0.717, 1.165) is 19.8 Å². The molecular weight excluding hydrogens is 300 g/mol. The van der Waals surface area contributed by atoms with Crippen LogP contribution in [0.5, 0.6) is 0 Å². The van der Waals surface area contributed by atoms with Crippen molar-refractivity contribution in [1.29, 1.82) is 0 Å². The number of thiophene rings is 1. The van der Waals surface area contributed by atoms with Crippen LogP contribution in [0, 0.1) is 0 Å². The molecule has 17 heavy (non-hydrogen) atoms. The lowest BCUT2D eigenvalue weighted by molar-refractivity contribution is -0.0261. The van der Waals surface area contributed by atoms with E-state index in [0.29, 0.717) is 12.1 Å². The monoisotopic (exact) mass is 318 g/mol. The first-order valence-electron chi connectivity index (χ1n) is 5.94. The molecule has 0 aromatic carbocycles. The normalized spacial score (nSPS) is 25.8. The number of ether oxygens (including phenoxy) is 1. The first-order chi connectivity index (χ1) is 8.09. The van der Waals surface area contributed by atoms with Crippen molar-refractivity contribution in [2.45, 2.75) is 32.0 Å². The van der Waals surface area contributed by atoms with Crippen LogP contribution in [-0.4, -0.2) is 36.7 Å². The van der Waals surface area contributed by atoms with Crippen LogP contribution in [-0.2, 0) is 4.74 Å². The molecule has 5 heteroatoms. The van der Waals surface area contributed by atoms with Gasteiger partial charge in [-0.1, -0.05) is 0 Å². The summed E-state index contributed by atoms with van der Waals surface area (Å²) in [5.74, 6) is 0. The number of nitrogens with zero attached hydrogens (tertiary/aromatic N) is 1. The van der Waals surface area contributed by atoms with Gasteiger partial charge in [0.25, 0.3) is 0 Å². The zero-order valence-corrected chi connectivity index (χ0v) is 12.6. The molecule has 3 atom stereocenters. The minimum absolute atomic E-state index is 0.126. The van der Waals surface area contributed by atoms with E-state index in [9.17, 15) is 0 Å². The van der Waals surface area contributed by atoms with E-state index in [1.165, 1.54) is 8.66 Å². The Morgan fingerprint density at radius 2 is 2.35 bits per heavy atom. The smallest absolute Gasteiger partial charge is 0.0702 e. The van der Waals surface area contributed by atoms with Gasteiger partial charge in [-0.3, -0.25) is 4.90 Å². The van der Waals surface area contributed by atoms with Crippen molar-refractivity contribution in [3.63, 3.8) is 0 Å². The summed E-state index contributed by atoms with van der Waals surface area (Å²) in [5.41, 5.74) is 6.18. The van der Waals surface area contributed by atoms with Crippen molar-refractivity contribution in [2.75, 3.05) is 19.8 Å². The van der Waals surface area contributed by atoms with Gasteiger partial charge in [0.05, 0.1) is 23.0 Å². The fourth-order valence-corrected chi connectivity index (χ4v) is 4.03. The Morgan fingerprint density at radius 1 is 1.59 bits per heavy atom. The minimum Gasteiger partial charge on any atom is -0.379 e. The van der Waals surface area contributed by atoms with Crippen molar-refractivity contribution in [2.24, 2.45) is 5.73 Å². The number of rotatable bonds is 3. The summed E-state index contributed by atoms with van der Waals surface area (Å²) in [6.45, 7) is 6.86. The molecule has 1 aliphatic heterocycles. The molecule has 0 amide bonds. The first-order valence-corrected chi connectivity index (χ1v) is 7.55. The van der Waals surface area contributed by atoms with Gasteiger partial charge in [-0.05, 0) is 41.9 Å². The molecule has 2 N–H and O–H groups in total.